The predicted molar refractivity (Wildman–Crippen MR) is 47.7 cm³/mol. The summed E-state index contributed by atoms with van der Waals surface area (Å²) in [6.07, 6.45) is -4.10. The molecule has 16 heavy (non-hydrogen) atoms. The van der Waals surface area contributed by atoms with E-state index in [1.54, 1.807) is 0 Å². The molecule has 1 amide bonds. The van der Waals surface area contributed by atoms with Gasteiger partial charge in [0.1, 0.15) is 6.54 Å². The molecule has 1 aliphatic carbocycles. The van der Waals surface area contributed by atoms with Gasteiger partial charge < -0.3 is 10.0 Å². The van der Waals surface area contributed by atoms with Crippen LogP contribution in [0, 0.1) is 0 Å². The number of rotatable bonds is 5. The normalized spacial score (nSPS) is 15.9. The third kappa shape index (κ3) is 4.50. The van der Waals surface area contributed by atoms with E-state index in [4.69, 9.17) is 5.11 Å². The molecule has 1 saturated carbocycles. The smallest absolute Gasteiger partial charge is 0.406 e. The van der Waals surface area contributed by atoms with E-state index in [0.29, 0.717) is 12.8 Å². The number of halogens is 3. The maximum atomic E-state index is 12.1. The summed E-state index contributed by atoms with van der Waals surface area (Å²) in [6, 6.07) is -0.358. The highest BCUT2D eigenvalue weighted by Gasteiger charge is 2.40. The first kappa shape index (κ1) is 12.8. The van der Waals surface area contributed by atoms with E-state index in [2.05, 4.69) is 0 Å². The summed E-state index contributed by atoms with van der Waals surface area (Å²) < 4.78 is 36.4. The number of hydrogen-bond donors (Lipinski definition) is 1. The Hall–Kier alpha value is -1.27. The minimum Gasteiger partial charge on any atom is -0.481 e. The summed E-state index contributed by atoms with van der Waals surface area (Å²) >= 11 is 0. The Morgan fingerprint density at radius 3 is 2.19 bits per heavy atom. The van der Waals surface area contributed by atoms with E-state index in [-0.39, 0.29) is 12.5 Å². The average molecular weight is 239 g/mol. The number of hydrogen-bond acceptors (Lipinski definition) is 2. The van der Waals surface area contributed by atoms with Crippen LogP contribution >= 0.6 is 0 Å². The number of carboxylic acid groups (broad SMARTS) is 1. The Balaban J connectivity index is 2.49. The van der Waals surface area contributed by atoms with Crippen molar-refractivity contribution < 1.29 is 27.9 Å². The lowest BCUT2D eigenvalue weighted by molar-refractivity contribution is -0.163. The number of carbonyl (C=O) groups excluding carboxylic acids is 1. The monoisotopic (exact) mass is 239 g/mol. The fraction of sp³-hybridized carbons (Fsp3) is 0.778. The third-order valence-corrected chi connectivity index (χ3v) is 2.21. The molecule has 0 aromatic rings. The lowest BCUT2D eigenvalue weighted by Gasteiger charge is -2.23. The summed E-state index contributed by atoms with van der Waals surface area (Å²) in [5.74, 6) is -1.92. The average Bonchev–Trinajstić information content (AvgIpc) is 2.91. The van der Waals surface area contributed by atoms with Crippen molar-refractivity contribution in [2.75, 3.05) is 6.54 Å². The molecule has 0 unspecified atom stereocenters. The molecular weight excluding hydrogens is 227 g/mol. The SMILES string of the molecule is O=C(O)CCC(=O)N(CC(F)(F)F)C1CC1. The number of amides is 1. The largest absolute Gasteiger partial charge is 0.481 e. The van der Waals surface area contributed by atoms with Gasteiger partial charge in [-0.25, -0.2) is 0 Å². The van der Waals surface area contributed by atoms with Gasteiger partial charge >= 0.3 is 12.1 Å². The number of alkyl halides is 3. The number of nitrogens with zero attached hydrogens (tertiary/aromatic N) is 1. The fourth-order valence-corrected chi connectivity index (χ4v) is 1.36. The second kappa shape index (κ2) is 4.71. The van der Waals surface area contributed by atoms with Gasteiger partial charge in [-0.1, -0.05) is 0 Å². The molecule has 0 aromatic heterocycles. The van der Waals surface area contributed by atoms with E-state index in [1.807, 2.05) is 0 Å². The topological polar surface area (TPSA) is 57.6 Å². The first-order valence-electron chi connectivity index (χ1n) is 4.87. The Morgan fingerprint density at radius 1 is 1.25 bits per heavy atom. The number of aliphatic carboxylic acids is 1. The van der Waals surface area contributed by atoms with Crippen molar-refractivity contribution in [3.63, 3.8) is 0 Å². The quantitative estimate of drug-likeness (QED) is 0.789. The molecule has 0 aromatic carbocycles. The first-order chi connectivity index (χ1) is 7.29. The lowest BCUT2D eigenvalue weighted by Crippen LogP contribution is -2.40. The van der Waals surface area contributed by atoms with Crippen LogP contribution in [0.3, 0.4) is 0 Å². The minimum absolute atomic E-state index is 0.358. The Bertz CT molecular complexity index is 286. The Kier molecular flexibility index (Phi) is 3.77. The van der Waals surface area contributed by atoms with Gasteiger partial charge in [0.15, 0.2) is 0 Å². The molecule has 0 aliphatic heterocycles. The van der Waals surface area contributed by atoms with E-state index in [0.717, 1.165) is 4.90 Å². The standard InChI is InChI=1S/C9H12F3NO3/c10-9(11,12)5-13(6-1-2-6)7(14)3-4-8(15)16/h6H,1-5H2,(H,15,16). The molecular formula is C9H12F3NO3. The molecule has 92 valence electrons. The van der Waals surface area contributed by atoms with Gasteiger partial charge in [-0.05, 0) is 12.8 Å². The summed E-state index contributed by atoms with van der Waals surface area (Å²) in [4.78, 5) is 22.3. The molecule has 0 heterocycles. The summed E-state index contributed by atoms with van der Waals surface area (Å²) in [5.41, 5.74) is 0. The van der Waals surface area contributed by atoms with E-state index >= 15 is 0 Å². The first-order valence-corrected chi connectivity index (χ1v) is 4.87. The summed E-state index contributed by atoms with van der Waals surface area (Å²) in [5, 5.41) is 8.34. The van der Waals surface area contributed by atoms with Crippen molar-refractivity contribution in [3.8, 4) is 0 Å². The second-order valence-corrected chi connectivity index (χ2v) is 3.76. The van der Waals surface area contributed by atoms with Crippen LogP contribution in [-0.2, 0) is 9.59 Å². The van der Waals surface area contributed by atoms with Gasteiger partial charge in [-0.2, -0.15) is 13.2 Å². The van der Waals surface area contributed by atoms with Gasteiger partial charge in [-0.3, -0.25) is 9.59 Å². The van der Waals surface area contributed by atoms with Crippen molar-refractivity contribution in [3.05, 3.63) is 0 Å². The molecule has 0 radical (unpaired) electrons. The summed E-state index contributed by atoms with van der Waals surface area (Å²) in [6.45, 7) is -1.28. The van der Waals surface area contributed by atoms with Gasteiger partial charge in [0.25, 0.3) is 0 Å². The molecule has 1 rings (SSSR count). The second-order valence-electron chi connectivity index (χ2n) is 3.76. The molecule has 4 nitrogen and oxygen atoms in total. The maximum Gasteiger partial charge on any atom is 0.406 e. The molecule has 0 atom stereocenters. The van der Waals surface area contributed by atoms with Crippen LogP contribution in [0.1, 0.15) is 25.7 Å². The number of carboxylic acids is 1. The van der Waals surface area contributed by atoms with Gasteiger partial charge in [0.2, 0.25) is 5.91 Å². The van der Waals surface area contributed by atoms with E-state index < -0.39 is 31.0 Å². The van der Waals surface area contributed by atoms with Crippen molar-refractivity contribution in [1.82, 2.24) is 4.90 Å². The molecule has 1 fully saturated rings. The Labute approximate surface area is 90.0 Å². The Morgan fingerprint density at radius 2 is 1.81 bits per heavy atom. The zero-order chi connectivity index (χ0) is 12.3. The predicted octanol–water partition coefficient (Wildman–Crippen LogP) is 1.40. The van der Waals surface area contributed by atoms with Crippen LogP contribution in [0.15, 0.2) is 0 Å². The highest BCUT2D eigenvalue weighted by molar-refractivity contribution is 5.81. The molecule has 0 bridgehead atoms. The molecule has 0 saturated heterocycles. The van der Waals surface area contributed by atoms with Crippen molar-refractivity contribution >= 4 is 11.9 Å². The molecule has 0 spiro atoms. The molecule has 1 N–H and O–H groups in total. The third-order valence-electron chi connectivity index (χ3n) is 2.21. The highest BCUT2D eigenvalue weighted by Crippen LogP contribution is 2.30. The van der Waals surface area contributed by atoms with Crippen LogP contribution in [0.5, 0.6) is 0 Å². The minimum atomic E-state index is -4.43. The van der Waals surface area contributed by atoms with Crippen LogP contribution < -0.4 is 0 Å². The van der Waals surface area contributed by atoms with Crippen molar-refractivity contribution in [2.45, 2.75) is 37.9 Å². The van der Waals surface area contributed by atoms with Crippen LogP contribution in [0.4, 0.5) is 13.2 Å². The molecule has 1 aliphatic rings. The van der Waals surface area contributed by atoms with Crippen LogP contribution in [0.25, 0.3) is 0 Å². The lowest BCUT2D eigenvalue weighted by atomic mass is 10.2. The van der Waals surface area contributed by atoms with Crippen LogP contribution in [-0.4, -0.2) is 40.6 Å². The molecule has 7 heteroatoms. The zero-order valence-electron chi connectivity index (χ0n) is 8.46. The van der Waals surface area contributed by atoms with Crippen LogP contribution in [0.2, 0.25) is 0 Å². The van der Waals surface area contributed by atoms with Gasteiger partial charge in [0, 0.05) is 12.5 Å². The van der Waals surface area contributed by atoms with Crippen molar-refractivity contribution in [2.24, 2.45) is 0 Å². The fourth-order valence-electron chi connectivity index (χ4n) is 1.36. The van der Waals surface area contributed by atoms with E-state index in [9.17, 15) is 22.8 Å². The zero-order valence-corrected chi connectivity index (χ0v) is 8.46. The van der Waals surface area contributed by atoms with Gasteiger partial charge in [-0.15, -0.1) is 0 Å². The number of carbonyl (C=O) groups is 2. The van der Waals surface area contributed by atoms with E-state index in [1.165, 1.54) is 0 Å². The van der Waals surface area contributed by atoms with Gasteiger partial charge in [0.05, 0.1) is 6.42 Å². The maximum absolute atomic E-state index is 12.1. The van der Waals surface area contributed by atoms with Crippen molar-refractivity contribution in [1.29, 1.82) is 0 Å². The summed E-state index contributed by atoms with van der Waals surface area (Å²) in [7, 11) is 0. The highest BCUT2D eigenvalue weighted by atomic mass is 19.4.